The van der Waals surface area contributed by atoms with E-state index in [2.05, 4.69) is 10.8 Å². The number of nitrogens with one attached hydrogen (secondary N) is 2. The molecule has 0 spiro atoms. The second-order valence-corrected chi connectivity index (χ2v) is 5.40. The van der Waals surface area contributed by atoms with Crippen molar-refractivity contribution in [3.8, 4) is 0 Å². The van der Waals surface area contributed by atoms with Gasteiger partial charge in [0.15, 0.2) is 0 Å². The Morgan fingerprint density at radius 2 is 2.24 bits per heavy atom. The van der Waals surface area contributed by atoms with Crippen molar-refractivity contribution in [3.63, 3.8) is 0 Å². The number of piperidine rings is 1. The maximum Gasteiger partial charge on any atom is 0.431 e. The largest absolute Gasteiger partial charge is 0.442 e. The Morgan fingerprint density at radius 1 is 1.53 bits per heavy atom. The molecule has 1 fully saturated rings. The average molecular weight is 246 g/mol. The number of amides is 1. The summed E-state index contributed by atoms with van der Waals surface area (Å²) >= 11 is 0. The van der Waals surface area contributed by atoms with E-state index >= 15 is 0 Å². The van der Waals surface area contributed by atoms with Gasteiger partial charge in [-0.15, -0.1) is 0 Å². The normalized spacial score (nSPS) is 25.4. The van der Waals surface area contributed by atoms with E-state index < -0.39 is 17.3 Å². The molecule has 1 rings (SSSR count). The highest BCUT2D eigenvalue weighted by atomic mass is 16.7. The van der Waals surface area contributed by atoms with Gasteiger partial charge >= 0.3 is 6.09 Å². The van der Waals surface area contributed by atoms with E-state index in [4.69, 9.17) is 9.57 Å². The number of aliphatic hydroxyl groups is 1. The van der Waals surface area contributed by atoms with E-state index in [0.29, 0.717) is 13.0 Å². The first kappa shape index (κ1) is 14.2. The molecule has 1 saturated heterocycles. The van der Waals surface area contributed by atoms with Crippen LogP contribution in [0.2, 0.25) is 0 Å². The van der Waals surface area contributed by atoms with Crippen LogP contribution >= 0.6 is 0 Å². The van der Waals surface area contributed by atoms with Crippen LogP contribution in [0.4, 0.5) is 4.79 Å². The number of rotatable bonds is 3. The molecule has 1 aliphatic rings. The Bertz CT molecular complexity index is 257. The van der Waals surface area contributed by atoms with Crippen LogP contribution in [0, 0.1) is 0 Å². The van der Waals surface area contributed by atoms with Crippen molar-refractivity contribution in [2.45, 2.75) is 44.8 Å². The van der Waals surface area contributed by atoms with Crippen LogP contribution in [0.25, 0.3) is 0 Å². The number of hydrogen-bond acceptors (Lipinski definition) is 5. The Labute approximate surface area is 102 Å². The predicted octanol–water partition coefficient (Wildman–Crippen LogP) is 0.557. The third-order valence-corrected chi connectivity index (χ3v) is 2.34. The maximum atomic E-state index is 11.2. The molecule has 1 aliphatic heterocycles. The molecule has 1 amide bonds. The number of carbonyl (C=O) groups excluding carboxylic acids is 1. The minimum Gasteiger partial charge on any atom is -0.442 e. The lowest BCUT2D eigenvalue weighted by Crippen LogP contribution is -2.50. The summed E-state index contributed by atoms with van der Waals surface area (Å²) in [7, 11) is 0. The second-order valence-electron chi connectivity index (χ2n) is 5.40. The molecule has 6 heteroatoms. The Morgan fingerprint density at radius 3 is 2.76 bits per heavy atom. The highest BCUT2D eigenvalue weighted by molar-refractivity contribution is 5.66. The molecule has 1 heterocycles. The molecule has 0 saturated carbocycles. The van der Waals surface area contributed by atoms with Gasteiger partial charge in [-0.2, -0.15) is 5.48 Å². The van der Waals surface area contributed by atoms with Crippen molar-refractivity contribution in [2.75, 3.05) is 19.7 Å². The topological polar surface area (TPSA) is 79.8 Å². The number of β-amino-alcohol motifs (C(OH)–C–C–N with tert-alkyl or cyclic N) is 1. The molecule has 1 atom stereocenters. The molecule has 100 valence electrons. The summed E-state index contributed by atoms with van der Waals surface area (Å²) in [6, 6.07) is 0. The molecule has 6 nitrogen and oxygen atoms in total. The molecule has 0 aromatic heterocycles. The lowest BCUT2D eigenvalue weighted by molar-refractivity contribution is -0.0904. The van der Waals surface area contributed by atoms with E-state index in [0.717, 1.165) is 13.0 Å². The molecule has 1 unspecified atom stereocenters. The van der Waals surface area contributed by atoms with Crippen LogP contribution < -0.4 is 10.8 Å². The molecule has 0 aromatic carbocycles. The smallest absolute Gasteiger partial charge is 0.431 e. The van der Waals surface area contributed by atoms with Gasteiger partial charge in [-0.1, -0.05) is 0 Å². The highest BCUT2D eigenvalue weighted by Gasteiger charge is 2.30. The van der Waals surface area contributed by atoms with Crippen molar-refractivity contribution in [1.82, 2.24) is 10.8 Å². The van der Waals surface area contributed by atoms with E-state index in [1.54, 1.807) is 20.8 Å². The fraction of sp³-hybridized carbons (Fsp3) is 0.909. The molecule has 3 N–H and O–H groups in total. The zero-order valence-corrected chi connectivity index (χ0v) is 10.7. The molecule has 17 heavy (non-hydrogen) atoms. The van der Waals surface area contributed by atoms with Crippen LogP contribution in [0.5, 0.6) is 0 Å². The van der Waals surface area contributed by atoms with Crippen LogP contribution in [0.1, 0.15) is 33.6 Å². The summed E-state index contributed by atoms with van der Waals surface area (Å²) < 4.78 is 4.99. The van der Waals surface area contributed by atoms with Crippen LogP contribution in [0.15, 0.2) is 0 Å². The summed E-state index contributed by atoms with van der Waals surface area (Å²) in [5.74, 6) is 0. The zero-order valence-electron chi connectivity index (χ0n) is 10.7. The van der Waals surface area contributed by atoms with Gasteiger partial charge in [-0.3, -0.25) is 4.84 Å². The summed E-state index contributed by atoms with van der Waals surface area (Å²) in [6.45, 7) is 6.74. The Balaban J connectivity index is 2.20. The minimum absolute atomic E-state index is 0.0548. The quantitative estimate of drug-likeness (QED) is 0.634. The van der Waals surface area contributed by atoms with Crippen LogP contribution in [0.3, 0.4) is 0 Å². The zero-order chi connectivity index (χ0) is 12.9. The van der Waals surface area contributed by atoms with Gasteiger partial charge in [0, 0.05) is 6.54 Å². The van der Waals surface area contributed by atoms with Gasteiger partial charge in [0.1, 0.15) is 17.8 Å². The van der Waals surface area contributed by atoms with Gasteiger partial charge in [0.05, 0.1) is 0 Å². The molecular formula is C11H22N2O4. The molecular weight excluding hydrogens is 224 g/mol. The Kier molecular flexibility index (Phi) is 4.73. The third-order valence-electron chi connectivity index (χ3n) is 2.34. The van der Waals surface area contributed by atoms with Crippen molar-refractivity contribution < 1.29 is 19.5 Å². The molecule has 0 radical (unpaired) electrons. The molecule has 0 aromatic rings. The third kappa shape index (κ3) is 5.86. The fourth-order valence-corrected chi connectivity index (χ4v) is 1.60. The number of hydrogen-bond donors (Lipinski definition) is 3. The summed E-state index contributed by atoms with van der Waals surface area (Å²) in [5.41, 5.74) is 0.695. The summed E-state index contributed by atoms with van der Waals surface area (Å²) in [5, 5.41) is 13.1. The van der Waals surface area contributed by atoms with Gasteiger partial charge in [-0.05, 0) is 40.2 Å². The first-order valence-electron chi connectivity index (χ1n) is 5.85. The fourth-order valence-electron chi connectivity index (χ4n) is 1.60. The van der Waals surface area contributed by atoms with E-state index in [-0.39, 0.29) is 6.61 Å². The lowest BCUT2D eigenvalue weighted by atomic mass is 9.95. The van der Waals surface area contributed by atoms with Crippen molar-refractivity contribution >= 4 is 6.09 Å². The molecule has 0 aliphatic carbocycles. The van der Waals surface area contributed by atoms with Crippen molar-refractivity contribution in [3.05, 3.63) is 0 Å². The second kappa shape index (κ2) is 5.66. The first-order valence-corrected chi connectivity index (χ1v) is 5.85. The first-order chi connectivity index (χ1) is 7.81. The van der Waals surface area contributed by atoms with Crippen molar-refractivity contribution in [2.24, 2.45) is 0 Å². The van der Waals surface area contributed by atoms with Gasteiger partial charge < -0.3 is 15.2 Å². The average Bonchev–Trinajstić information content (AvgIpc) is 2.15. The standard InChI is InChI=1S/C11H22N2O4/c1-10(2,3)17-9(14)13-16-8-11(15)5-4-6-12-7-11/h12,15H,4-8H2,1-3H3,(H,13,14). The van der Waals surface area contributed by atoms with Gasteiger partial charge in [-0.25, -0.2) is 4.79 Å². The van der Waals surface area contributed by atoms with Gasteiger partial charge in [0.25, 0.3) is 0 Å². The predicted molar refractivity (Wildman–Crippen MR) is 62.4 cm³/mol. The maximum absolute atomic E-state index is 11.2. The monoisotopic (exact) mass is 246 g/mol. The number of hydroxylamine groups is 1. The van der Waals surface area contributed by atoms with Crippen LogP contribution in [-0.4, -0.2) is 42.1 Å². The number of ether oxygens (including phenoxy) is 1. The SMILES string of the molecule is CC(C)(C)OC(=O)NOCC1(O)CCCNC1. The van der Waals surface area contributed by atoms with E-state index in [1.807, 2.05) is 0 Å². The van der Waals surface area contributed by atoms with Crippen LogP contribution in [-0.2, 0) is 9.57 Å². The molecule has 0 bridgehead atoms. The minimum atomic E-state index is -0.909. The lowest BCUT2D eigenvalue weighted by Gasteiger charge is -2.31. The van der Waals surface area contributed by atoms with E-state index in [9.17, 15) is 9.90 Å². The number of carbonyl (C=O) groups is 1. The van der Waals surface area contributed by atoms with Gasteiger partial charge in [0.2, 0.25) is 0 Å². The van der Waals surface area contributed by atoms with Crippen molar-refractivity contribution in [1.29, 1.82) is 0 Å². The summed E-state index contributed by atoms with van der Waals surface area (Å²) in [4.78, 5) is 16.2. The summed E-state index contributed by atoms with van der Waals surface area (Å²) in [6.07, 6.45) is 0.910. The van der Waals surface area contributed by atoms with E-state index in [1.165, 1.54) is 0 Å². The Hall–Kier alpha value is -0.850. The highest BCUT2D eigenvalue weighted by Crippen LogP contribution is 2.15.